The van der Waals surface area contributed by atoms with Gasteiger partial charge in [-0.15, -0.1) is 0 Å². The zero-order valence-electron chi connectivity index (χ0n) is 11.6. The van der Waals surface area contributed by atoms with Crippen molar-refractivity contribution in [3.05, 3.63) is 28.6 Å². The van der Waals surface area contributed by atoms with Crippen LogP contribution in [0.2, 0.25) is 0 Å². The Balaban J connectivity index is 2.04. The summed E-state index contributed by atoms with van der Waals surface area (Å²) < 4.78 is 20.3. The molecule has 1 aromatic rings. The molecule has 0 bridgehead atoms. The smallest absolute Gasteiger partial charge is 0.130 e. The van der Waals surface area contributed by atoms with E-state index in [0.29, 0.717) is 5.92 Å². The van der Waals surface area contributed by atoms with Crippen LogP contribution < -0.4 is 10.1 Å². The van der Waals surface area contributed by atoms with Crippen LogP contribution in [0.3, 0.4) is 0 Å². The molecule has 3 rings (SSSR count). The third kappa shape index (κ3) is 2.36. The third-order valence-corrected chi connectivity index (χ3v) is 4.57. The van der Waals surface area contributed by atoms with Crippen LogP contribution in [-0.2, 0) is 12.8 Å². The molecule has 19 heavy (non-hydrogen) atoms. The molecule has 0 aromatic heterocycles. The van der Waals surface area contributed by atoms with Crippen molar-refractivity contribution in [2.24, 2.45) is 0 Å². The van der Waals surface area contributed by atoms with E-state index in [1.807, 2.05) is 6.07 Å². The maximum absolute atomic E-state index is 14.8. The molecule has 0 amide bonds. The zero-order chi connectivity index (χ0) is 13.2. The molecule has 1 aliphatic carbocycles. The maximum Gasteiger partial charge on any atom is 0.130 e. The van der Waals surface area contributed by atoms with Crippen molar-refractivity contribution >= 4 is 0 Å². The van der Waals surface area contributed by atoms with Gasteiger partial charge < -0.3 is 10.1 Å². The molecular formula is C16H22FNO. The lowest BCUT2D eigenvalue weighted by molar-refractivity contribution is 0.395. The lowest BCUT2D eigenvalue weighted by Gasteiger charge is -2.27. The Morgan fingerprint density at radius 2 is 1.84 bits per heavy atom. The summed E-state index contributed by atoms with van der Waals surface area (Å²) in [6.07, 6.45) is 6.13. The molecule has 1 fully saturated rings. The largest absolute Gasteiger partial charge is 0.496 e. The van der Waals surface area contributed by atoms with Crippen molar-refractivity contribution in [2.45, 2.75) is 44.4 Å². The Morgan fingerprint density at radius 1 is 1.16 bits per heavy atom. The molecule has 1 saturated heterocycles. The van der Waals surface area contributed by atoms with Crippen LogP contribution in [0, 0.1) is 5.82 Å². The van der Waals surface area contributed by atoms with E-state index in [4.69, 9.17) is 4.74 Å². The van der Waals surface area contributed by atoms with E-state index in [0.717, 1.165) is 74.1 Å². The van der Waals surface area contributed by atoms with Gasteiger partial charge in [-0.1, -0.05) is 0 Å². The lowest BCUT2D eigenvalue weighted by atomic mass is 9.83. The molecule has 0 spiro atoms. The molecule has 1 aromatic carbocycles. The number of fused-ring (bicyclic) bond motifs is 1. The topological polar surface area (TPSA) is 21.3 Å². The van der Waals surface area contributed by atoms with Gasteiger partial charge in [0.05, 0.1) is 7.11 Å². The summed E-state index contributed by atoms with van der Waals surface area (Å²) >= 11 is 0. The number of halogens is 1. The van der Waals surface area contributed by atoms with Crippen molar-refractivity contribution in [2.75, 3.05) is 20.2 Å². The van der Waals surface area contributed by atoms with Gasteiger partial charge in [-0.2, -0.15) is 0 Å². The number of hydrogen-bond donors (Lipinski definition) is 1. The number of ether oxygens (including phenoxy) is 1. The molecule has 0 atom stereocenters. The standard InChI is InChI=1S/C16H22FNO/c1-19-15-10-14(11-6-8-18-9-7-11)16(17)13-5-3-2-4-12(13)15/h10-11,18H,2-9H2,1H3. The molecule has 2 aliphatic rings. The van der Waals surface area contributed by atoms with Crippen molar-refractivity contribution in [3.63, 3.8) is 0 Å². The van der Waals surface area contributed by atoms with Crippen LogP contribution in [0.4, 0.5) is 4.39 Å². The van der Waals surface area contributed by atoms with Crippen molar-refractivity contribution < 1.29 is 9.13 Å². The van der Waals surface area contributed by atoms with Crippen LogP contribution in [0.5, 0.6) is 5.75 Å². The van der Waals surface area contributed by atoms with E-state index < -0.39 is 0 Å². The average molecular weight is 263 g/mol. The fourth-order valence-corrected chi connectivity index (χ4v) is 3.50. The first kappa shape index (κ1) is 12.9. The number of benzene rings is 1. The fraction of sp³-hybridized carbons (Fsp3) is 0.625. The van der Waals surface area contributed by atoms with Crippen LogP contribution in [0.1, 0.15) is 48.3 Å². The minimum absolute atomic E-state index is 0.0578. The van der Waals surface area contributed by atoms with E-state index in [1.165, 1.54) is 0 Å². The Morgan fingerprint density at radius 3 is 2.53 bits per heavy atom. The molecule has 3 heteroatoms. The molecular weight excluding hydrogens is 241 g/mol. The second-order valence-corrected chi connectivity index (χ2v) is 5.67. The van der Waals surface area contributed by atoms with Gasteiger partial charge in [-0.25, -0.2) is 4.39 Å². The first-order chi connectivity index (χ1) is 9.31. The highest BCUT2D eigenvalue weighted by atomic mass is 19.1. The Bertz CT molecular complexity index is 466. The van der Waals surface area contributed by atoms with E-state index >= 15 is 0 Å². The molecule has 1 aliphatic heterocycles. The highest BCUT2D eigenvalue weighted by molar-refractivity contribution is 5.47. The molecule has 1 heterocycles. The first-order valence-electron chi connectivity index (χ1n) is 7.40. The minimum atomic E-state index is 0.0578. The quantitative estimate of drug-likeness (QED) is 0.885. The van der Waals surface area contributed by atoms with Gasteiger partial charge in [-0.05, 0) is 74.7 Å². The second kappa shape index (κ2) is 5.49. The van der Waals surface area contributed by atoms with Crippen molar-refractivity contribution in [3.8, 4) is 5.75 Å². The average Bonchev–Trinajstić information content (AvgIpc) is 2.49. The maximum atomic E-state index is 14.8. The van der Waals surface area contributed by atoms with E-state index in [1.54, 1.807) is 7.11 Å². The highest BCUT2D eigenvalue weighted by Crippen LogP contribution is 2.38. The summed E-state index contributed by atoms with van der Waals surface area (Å²) in [5, 5.41) is 3.34. The highest BCUT2D eigenvalue weighted by Gasteiger charge is 2.26. The predicted molar refractivity (Wildman–Crippen MR) is 74.4 cm³/mol. The SMILES string of the molecule is COc1cc(C2CCNCC2)c(F)c2c1CCCC2. The molecule has 0 radical (unpaired) electrons. The zero-order valence-corrected chi connectivity index (χ0v) is 11.6. The number of methoxy groups -OCH3 is 1. The summed E-state index contributed by atoms with van der Waals surface area (Å²) in [7, 11) is 1.70. The predicted octanol–water partition coefficient (Wildman–Crippen LogP) is 3.18. The van der Waals surface area contributed by atoms with Gasteiger partial charge in [0, 0.05) is 5.56 Å². The summed E-state index contributed by atoms with van der Waals surface area (Å²) in [5.41, 5.74) is 2.93. The number of piperidine rings is 1. The monoisotopic (exact) mass is 263 g/mol. The first-order valence-corrected chi connectivity index (χ1v) is 7.40. The minimum Gasteiger partial charge on any atom is -0.496 e. The normalized spacial score (nSPS) is 20.1. The van der Waals surface area contributed by atoms with Crippen LogP contribution in [-0.4, -0.2) is 20.2 Å². The number of nitrogens with one attached hydrogen (secondary N) is 1. The molecule has 1 N–H and O–H groups in total. The lowest BCUT2D eigenvalue weighted by Crippen LogP contribution is -2.27. The number of rotatable bonds is 2. The summed E-state index contributed by atoms with van der Waals surface area (Å²) in [6, 6.07) is 1.97. The van der Waals surface area contributed by atoms with E-state index in [9.17, 15) is 4.39 Å². The summed E-state index contributed by atoms with van der Waals surface area (Å²) in [4.78, 5) is 0. The Kier molecular flexibility index (Phi) is 3.74. The van der Waals surface area contributed by atoms with Gasteiger partial charge in [-0.3, -0.25) is 0 Å². The van der Waals surface area contributed by atoms with Crippen molar-refractivity contribution in [1.82, 2.24) is 5.32 Å². The molecule has 104 valence electrons. The van der Waals surface area contributed by atoms with Gasteiger partial charge in [0.1, 0.15) is 11.6 Å². The Labute approximate surface area is 114 Å². The van der Waals surface area contributed by atoms with Crippen LogP contribution in [0.25, 0.3) is 0 Å². The number of hydrogen-bond acceptors (Lipinski definition) is 2. The second-order valence-electron chi connectivity index (χ2n) is 5.67. The van der Waals surface area contributed by atoms with E-state index in [2.05, 4.69) is 5.32 Å². The van der Waals surface area contributed by atoms with Gasteiger partial charge in [0.2, 0.25) is 0 Å². The van der Waals surface area contributed by atoms with Crippen LogP contribution in [0.15, 0.2) is 6.07 Å². The van der Waals surface area contributed by atoms with Gasteiger partial charge >= 0.3 is 0 Å². The molecule has 2 nitrogen and oxygen atoms in total. The van der Waals surface area contributed by atoms with Crippen molar-refractivity contribution in [1.29, 1.82) is 0 Å². The molecule has 0 saturated carbocycles. The summed E-state index contributed by atoms with van der Waals surface area (Å²) in [5.74, 6) is 1.31. The van der Waals surface area contributed by atoms with Crippen LogP contribution >= 0.6 is 0 Å². The van der Waals surface area contributed by atoms with Gasteiger partial charge in [0.15, 0.2) is 0 Å². The summed E-state index contributed by atoms with van der Waals surface area (Å²) in [6.45, 7) is 1.98. The third-order valence-electron chi connectivity index (χ3n) is 4.57. The Hall–Kier alpha value is -1.09. The fourth-order valence-electron chi connectivity index (χ4n) is 3.50. The molecule has 0 unspecified atom stereocenters. The van der Waals surface area contributed by atoms with Gasteiger partial charge in [0.25, 0.3) is 0 Å². The van der Waals surface area contributed by atoms with E-state index in [-0.39, 0.29) is 5.82 Å².